The lowest BCUT2D eigenvalue weighted by Crippen LogP contribution is -2.16. The molecule has 1 aromatic heterocycles. The Morgan fingerprint density at radius 2 is 1.88 bits per heavy atom. The normalized spacial score (nSPS) is 12.4. The third-order valence-electron chi connectivity index (χ3n) is 5.21. The number of carbonyl (C=O) groups is 1. The molecule has 3 N–H and O–H groups in total. The van der Waals surface area contributed by atoms with Crippen molar-refractivity contribution in [2.24, 2.45) is 5.16 Å². The predicted octanol–water partition coefficient (Wildman–Crippen LogP) is 3.99. The van der Waals surface area contributed by atoms with E-state index in [0.29, 0.717) is 16.7 Å². The standard InChI is InChI=1S/C24H23FN2O5/c1-14-5-3-4-6-18(14)20(11-22(27-31)16-9-15(2)24(30)26-12-16)19-8-7-17(10-21(19)25)32-13-23(28)29/h3-10,12,20,31H,11,13H2,1-2H3,(H,26,30)(H,28,29)/b27-22+. The lowest BCUT2D eigenvalue weighted by Gasteiger charge is -2.22. The number of ether oxygens (including phenoxy) is 1. The molecule has 0 saturated carbocycles. The number of H-pyrrole nitrogens is 1. The van der Waals surface area contributed by atoms with Crippen LogP contribution in [0.25, 0.3) is 0 Å². The molecule has 0 aliphatic rings. The average molecular weight is 438 g/mol. The van der Waals surface area contributed by atoms with Crippen LogP contribution in [-0.4, -0.2) is 33.6 Å². The first-order valence-corrected chi connectivity index (χ1v) is 9.90. The molecule has 1 heterocycles. The number of rotatable bonds is 8. The number of oxime groups is 1. The molecule has 0 saturated heterocycles. The van der Waals surface area contributed by atoms with E-state index in [1.54, 1.807) is 13.0 Å². The number of aromatic amines is 1. The number of carboxylic acid groups (broad SMARTS) is 1. The van der Waals surface area contributed by atoms with Crippen molar-refractivity contribution in [1.82, 2.24) is 4.98 Å². The van der Waals surface area contributed by atoms with Crippen molar-refractivity contribution in [2.75, 3.05) is 6.61 Å². The van der Waals surface area contributed by atoms with E-state index in [1.165, 1.54) is 18.3 Å². The van der Waals surface area contributed by atoms with Gasteiger partial charge in [0.2, 0.25) is 0 Å². The van der Waals surface area contributed by atoms with Crippen molar-refractivity contribution in [1.29, 1.82) is 0 Å². The molecule has 0 bridgehead atoms. The number of pyridine rings is 1. The lowest BCUT2D eigenvalue weighted by atomic mass is 9.83. The molecule has 0 radical (unpaired) electrons. The highest BCUT2D eigenvalue weighted by atomic mass is 19.1. The molecule has 0 amide bonds. The molecule has 8 heteroatoms. The summed E-state index contributed by atoms with van der Waals surface area (Å²) in [5.74, 6) is -2.14. The number of carboxylic acids is 1. The van der Waals surface area contributed by atoms with Crippen LogP contribution in [0.3, 0.4) is 0 Å². The molecular weight excluding hydrogens is 415 g/mol. The van der Waals surface area contributed by atoms with E-state index in [9.17, 15) is 14.8 Å². The van der Waals surface area contributed by atoms with Crippen LogP contribution in [0.4, 0.5) is 4.39 Å². The topological polar surface area (TPSA) is 112 Å². The van der Waals surface area contributed by atoms with Crippen LogP contribution < -0.4 is 10.3 Å². The van der Waals surface area contributed by atoms with Crippen molar-refractivity contribution in [3.63, 3.8) is 0 Å². The van der Waals surface area contributed by atoms with Crippen molar-refractivity contribution >= 4 is 11.7 Å². The molecule has 1 atom stereocenters. The molecule has 1 unspecified atom stereocenters. The zero-order valence-corrected chi connectivity index (χ0v) is 17.6. The number of hydrogen-bond donors (Lipinski definition) is 3. The Kier molecular flexibility index (Phi) is 7.04. The summed E-state index contributed by atoms with van der Waals surface area (Å²) in [4.78, 5) is 25.0. The van der Waals surface area contributed by atoms with Crippen LogP contribution >= 0.6 is 0 Å². The Balaban J connectivity index is 2.03. The summed E-state index contributed by atoms with van der Waals surface area (Å²) in [5.41, 5.74) is 3.12. The minimum absolute atomic E-state index is 0.101. The maximum Gasteiger partial charge on any atom is 0.341 e. The maximum atomic E-state index is 15.1. The highest BCUT2D eigenvalue weighted by molar-refractivity contribution is 6.00. The van der Waals surface area contributed by atoms with E-state index >= 15 is 4.39 Å². The van der Waals surface area contributed by atoms with Gasteiger partial charge >= 0.3 is 5.97 Å². The van der Waals surface area contributed by atoms with Crippen molar-refractivity contribution in [3.05, 3.63) is 98.7 Å². The first-order chi connectivity index (χ1) is 15.3. The lowest BCUT2D eigenvalue weighted by molar-refractivity contribution is -0.139. The fraction of sp³-hybridized carbons (Fsp3) is 0.208. The van der Waals surface area contributed by atoms with Crippen molar-refractivity contribution in [3.8, 4) is 5.75 Å². The van der Waals surface area contributed by atoms with Gasteiger partial charge in [-0.15, -0.1) is 0 Å². The third kappa shape index (κ3) is 5.21. The average Bonchev–Trinajstić information content (AvgIpc) is 2.76. The number of nitrogens with one attached hydrogen (secondary N) is 1. The summed E-state index contributed by atoms with van der Waals surface area (Å²) in [7, 11) is 0. The fourth-order valence-corrected chi connectivity index (χ4v) is 3.56. The van der Waals surface area contributed by atoms with Gasteiger partial charge in [-0.1, -0.05) is 35.5 Å². The SMILES string of the molecule is Cc1ccccc1C(C/C(=N\O)c1c[nH]c(=O)c(C)c1)c1ccc(OCC(=O)O)cc1F. The van der Waals surface area contributed by atoms with E-state index in [4.69, 9.17) is 9.84 Å². The van der Waals surface area contributed by atoms with Crippen molar-refractivity contribution in [2.45, 2.75) is 26.2 Å². The molecule has 166 valence electrons. The quantitative estimate of drug-likeness (QED) is 0.280. The van der Waals surface area contributed by atoms with E-state index in [0.717, 1.165) is 17.2 Å². The van der Waals surface area contributed by atoms with Gasteiger partial charge in [0, 0.05) is 35.7 Å². The van der Waals surface area contributed by atoms with E-state index in [1.807, 2.05) is 31.2 Å². The van der Waals surface area contributed by atoms with Crippen LogP contribution in [0, 0.1) is 19.7 Å². The molecule has 2 aromatic carbocycles. The number of benzene rings is 2. The van der Waals surface area contributed by atoms with Gasteiger partial charge in [-0.2, -0.15) is 0 Å². The predicted molar refractivity (Wildman–Crippen MR) is 117 cm³/mol. The highest BCUT2D eigenvalue weighted by Gasteiger charge is 2.24. The molecule has 0 spiro atoms. The third-order valence-corrected chi connectivity index (χ3v) is 5.21. The molecule has 7 nitrogen and oxygen atoms in total. The van der Waals surface area contributed by atoms with Gasteiger partial charge in [-0.05, 0) is 42.7 Å². The van der Waals surface area contributed by atoms with Gasteiger partial charge in [-0.25, -0.2) is 9.18 Å². The monoisotopic (exact) mass is 438 g/mol. The summed E-state index contributed by atoms with van der Waals surface area (Å²) in [6.07, 6.45) is 1.61. The second-order valence-corrected chi connectivity index (χ2v) is 7.43. The number of aromatic nitrogens is 1. The summed E-state index contributed by atoms with van der Waals surface area (Å²) >= 11 is 0. The Labute approximate surface area is 183 Å². The molecule has 3 rings (SSSR count). The first kappa shape index (κ1) is 22.7. The Bertz CT molecular complexity index is 1220. The van der Waals surface area contributed by atoms with Gasteiger partial charge in [-0.3, -0.25) is 4.79 Å². The second-order valence-electron chi connectivity index (χ2n) is 7.43. The number of halogens is 1. The number of nitrogens with zero attached hydrogens (tertiary/aromatic N) is 1. The van der Waals surface area contributed by atoms with Gasteiger partial charge in [0.25, 0.3) is 5.56 Å². The molecule has 0 aliphatic heterocycles. The van der Waals surface area contributed by atoms with Gasteiger partial charge in [0.05, 0.1) is 5.71 Å². The number of hydrogen-bond acceptors (Lipinski definition) is 5. The van der Waals surface area contributed by atoms with Crippen LogP contribution in [0.5, 0.6) is 5.75 Å². The minimum Gasteiger partial charge on any atom is -0.482 e. The summed E-state index contributed by atoms with van der Waals surface area (Å²) < 4.78 is 20.2. The van der Waals surface area contributed by atoms with E-state index in [-0.39, 0.29) is 23.4 Å². The largest absolute Gasteiger partial charge is 0.482 e. The Morgan fingerprint density at radius 1 is 1.12 bits per heavy atom. The number of aliphatic carboxylic acids is 1. The molecule has 32 heavy (non-hydrogen) atoms. The fourth-order valence-electron chi connectivity index (χ4n) is 3.56. The summed E-state index contributed by atoms with van der Waals surface area (Å²) in [6.45, 7) is 2.98. The molecule has 0 aliphatic carbocycles. The van der Waals surface area contributed by atoms with Crippen LogP contribution in [0.2, 0.25) is 0 Å². The van der Waals surface area contributed by atoms with Crippen LogP contribution in [0.1, 0.15) is 40.2 Å². The van der Waals surface area contributed by atoms with Gasteiger partial charge in [0.15, 0.2) is 6.61 Å². The Morgan fingerprint density at radius 3 is 2.50 bits per heavy atom. The summed E-state index contributed by atoms with van der Waals surface area (Å²) in [6, 6.07) is 13.3. The number of aryl methyl sites for hydroxylation is 2. The highest BCUT2D eigenvalue weighted by Crippen LogP contribution is 2.34. The molecule has 0 fully saturated rings. The molecule has 3 aromatic rings. The van der Waals surface area contributed by atoms with Crippen LogP contribution in [-0.2, 0) is 4.79 Å². The maximum absolute atomic E-state index is 15.1. The first-order valence-electron chi connectivity index (χ1n) is 9.90. The summed E-state index contributed by atoms with van der Waals surface area (Å²) in [5, 5.41) is 21.9. The second kappa shape index (κ2) is 9.91. The van der Waals surface area contributed by atoms with Crippen LogP contribution in [0.15, 0.2) is 64.7 Å². The Hall–Kier alpha value is -3.94. The van der Waals surface area contributed by atoms with E-state index in [2.05, 4.69) is 10.1 Å². The smallest absolute Gasteiger partial charge is 0.341 e. The minimum atomic E-state index is -1.16. The van der Waals surface area contributed by atoms with E-state index < -0.39 is 24.3 Å². The zero-order valence-electron chi connectivity index (χ0n) is 17.6. The zero-order chi connectivity index (χ0) is 23.3. The van der Waals surface area contributed by atoms with Gasteiger partial charge < -0.3 is 20.0 Å². The van der Waals surface area contributed by atoms with Gasteiger partial charge in [0.1, 0.15) is 11.6 Å². The van der Waals surface area contributed by atoms with Crippen molar-refractivity contribution < 1.29 is 24.2 Å². The molecular formula is C24H23FN2O5.